The normalized spacial score (nSPS) is 10.5. The van der Waals surface area contributed by atoms with Crippen molar-refractivity contribution < 1.29 is 14.2 Å². The Morgan fingerprint density at radius 3 is 2.46 bits per heavy atom. The standard InChI is InChI=1S/C19H24ClNO3/c1-3-22-12-13-23-18-7-5-17(6-8-18)21-10-11-24-19-9-4-16(20)14-15(19)2/h4-9,14,21H,3,10-13H2,1-2H3. The van der Waals surface area contributed by atoms with Gasteiger partial charge in [0.1, 0.15) is 24.7 Å². The number of ether oxygens (including phenoxy) is 3. The Hall–Kier alpha value is -1.91. The molecule has 0 aliphatic rings. The van der Waals surface area contributed by atoms with Crippen LogP contribution in [0.4, 0.5) is 5.69 Å². The van der Waals surface area contributed by atoms with E-state index < -0.39 is 0 Å². The molecule has 0 bridgehead atoms. The summed E-state index contributed by atoms with van der Waals surface area (Å²) in [5.41, 5.74) is 2.07. The lowest BCUT2D eigenvalue weighted by molar-refractivity contribution is 0.110. The van der Waals surface area contributed by atoms with Gasteiger partial charge in [0, 0.05) is 23.9 Å². The summed E-state index contributed by atoms with van der Waals surface area (Å²) in [7, 11) is 0. The van der Waals surface area contributed by atoms with E-state index in [1.165, 1.54) is 0 Å². The number of benzene rings is 2. The minimum Gasteiger partial charge on any atom is -0.491 e. The van der Waals surface area contributed by atoms with Gasteiger partial charge in [-0.05, 0) is 61.9 Å². The van der Waals surface area contributed by atoms with Crippen molar-refractivity contribution in [1.82, 2.24) is 0 Å². The fraction of sp³-hybridized carbons (Fsp3) is 0.368. The second-order valence-electron chi connectivity index (χ2n) is 5.25. The molecule has 0 unspecified atom stereocenters. The first-order valence-electron chi connectivity index (χ1n) is 8.12. The summed E-state index contributed by atoms with van der Waals surface area (Å²) in [6.07, 6.45) is 0. The van der Waals surface area contributed by atoms with Gasteiger partial charge in [-0.25, -0.2) is 0 Å². The number of anilines is 1. The van der Waals surface area contributed by atoms with Gasteiger partial charge >= 0.3 is 0 Å². The second kappa shape index (κ2) is 10.1. The Balaban J connectivity index is 1.68. The lowest BCUT2D eigenvalue weighted by Gasteiger charge is -2.11. The van der Waals surface area contributed by atoms with E-state index in [-0.39, 0.29) is 0 Å². The van der Waals surface area contributed by atoms with Crippen LogP contribution < -0.4 is 14.8 Å². The molecule has 0 heterocycles. The van der Waals surface area contributed by atoms with Crippen molar-refractivity contribution in [1.29, 1.82) is 0 Å². The fourth-order valence-electron chi connectivity index (χ4n) is 2.16. The van der Waals surface area contributed by atoms with E-state index in [0.29, 0.717) is 33.0 Å². The lowest BCUT2D eigenvalue weighted by Crippen LogP contribution is -2.12. The zero-order valence-electron chi connectivity index (χ0n) is 14.2. The van der Waals surface area contributed by atoms with E-state index in [1.54, 1.807) is 0 Å². The summed E-state index contributed by atoms with van der Waals surface area (Å²) in [5, 5.41) is 4.04. The summed E-state index contributed by atoms with van der Waals surface area (Å²) in [6, 6.07) is 13.5. The first-order chi connectivity index (χ1) is 11.7. The number of hydrogen-bond acceptors (Lipinski definition) is 4. The highest BCUT2D eigenvalue weighted by molar-refractivity contribution is 6.30. The summed E-state index contributed by atoms with van der Waals surface area (Å²) in [5.74, 6) is 1.70. The minimum atomic E-state index is 0.564. The summed E-state index contributed by atoms with van der Waals surface area (Å²) >= 11 is 5.93. The summed E-state index contributed by atoms with van der Waals surface area (Å²) < 4.78 is 16.6. The maximum absolute atomic E-state index is 5.93. The van der Waals surface area contributed by atoms with Crippen molar-refractivity contribution in [3.8, 4) is 11.5 Å². The van der Waals surface area contributed by atoms with Crippen LogP contribution in [0, 0.1) is 6.92 Å². The molecule has 0 saturated heterocycles. The maximum atomic E-state index is 5.93. The van der Waals surface area contributed by atoms with Gasteiger partial charge in [0.2, 0.25) is 0 Å². The molecule has 2 aromatic rings. The molecule has 0 saturated carbocycles. The smallest absolute Gasteiger partial charge is 0.122 e. The average Bonchev–Trinajstić information content (AvgIpc) is 2.58. The number of hydrogen-bond donors (Lipinski definition) is 1. The predicted molar refractivity (Wildman–Crippen MR) is 98.6 cm³/mol. The molecule has 0 aliphatic heterocycles. The summed E-state index contributed by atoms with van der Waals surface area (Å²) in [4.78, 5) is 0. The molecule has 0 atom stereocenters. The van der Waals surface area contributed by atoms with E-state index in [1.807, 2.05) is 56.3 Å². The highest BCUT2D eigenvalue weighted by Crippen LogP contribution is 2.21. The molecule has 0 aliphatic carbocycles. The molecular weight excluding hydrogens is 326 g/mol. The SMILES string of the molecule is CCOCCOc1ccc(NCCOc2ccc(Cl)cc2C)cc1. The van der Waals surface area contributed by atoms with Gasteiger partial charge in [0.25, 0.3) is 0 Å². The van der Waals surface area contributed by atoms with Crippen molar-refractivity contribution in [3.05, 3.63) is 53.1 Å². The van der Waals surface area contributed by atoms with Crippen LogP contribution >= 0.6 is 11.6 Å². The molecule has 0 fully saturated rings. The molecule has 4 nitrogen and oxygen atoms in total. The number of rotatable bonds is 10. The van der Waals surface area contributed by atoms with Crippen LogP contribution in [0.15, 0.2) is 42.5 Å². The predicted octanol–water partition coefficient (Wildman–Crippen LogP) is 4.55. The van der Waals surface area contributed by atoms with Crippen LogP contribution in [0.1, 0.15) is 12.5 Å². The first kappa shape index (κ1) is 18.4. The van der Waals surface area contributed by atoms with Crippen molar-refractivity contribution in [3.63, 3.8) is 0 Å². The molecule has 0 radical (unpaired) electrons. The third-order valence-electron chi connectivity index (χ3n) is 3.38. The molecular formula is C19H24ClNO3. The number of nitrogens with one attached hydrogen (secondary N) is 1. The van der Waals surface area contributed by atoms with Crippen molar-refractivity contribution in [2.24, 2.45) is 0 Å². The topological polar surface area (TPSA) is 39.7 Å². The Bertz CT molecular complexity index is 617. The lowest BCUT2D eigenvalue weighted by atomic mass is 10.2. The average molecular weight is 350 g/mol. The van der Waals surface area contributed by atoms with E-state index in [9.17, 15) is 0 Å². The third kappa shape index (κ3) is 6.30. The van der Waals surface area contributed by atoms with Crippen molar-refractivity contribution >= 4 is 17.3 Å². The Morgan fingerprint density at radius 1 is 0.958 bits per heavy atom. The van der Waals surface area contributed by atoms with Crippen LogP contribution in [0.2, 0.25) is 5.02 Å². The summed E-state index contributed by atoms with van der Waals surface area (Å²) in [6.45, 7) is 7.13. The molecule has 0 amide bonds. The van der Waals surface area contributed by atoms with Crippen LogP contribution in [0.25, 0.3) is 0 Å². The van der Waals surface area contributed by atoms with E-state index in [0.717, 1.165) is 27.8 Å². The molecule has 5 heteroatoms. The fourth-order valence-corrected chi connectivity index (χ4v) is 2.39. The van der Waals surface area contributed by atoms with Crippen LogP contribution in [-0.2, 0) is 4.74 Å². The largest absolute Gasteiger partial charge is 0.491 e. The molecule has 2 rings (SSSR count). The monoisotopic (exact) mass is 349 g/mol. The Labute approximate surface area is 148 Å². The van der Waals surface area contributed by atoms with E-state index in [2.05, 4.69) is 5.32 Å². The highest BCUT2D eigenvalue weighted by atomic mass is 35.5. The van der Waals surface area contributed by atoms with Crippen LogP contribution in [-0.4, -0.2) is 33.0 Å². The van der Waals surface area contributed by atoms with Crippen molar-refractivity contribution in [2.45, 2.75) is 13.8 Å². The van der Waals surface area contributed by atoms with E-state index >= 15 is 0 Å². The Kier molecular flexibility index (Phi) is 7.72. The molecule has 0 spiro atoms. The Morgan fingerprint density at radius 2 is 1.75 bits per heavy atom. The second-order valence-corrected chi connectivity index (χ2v) is 5.69. The molecule has 0 aromatic heterocycles. The highest BCUT2D eigenvalue weighted by Gasteiger charge is 2.00. The molecule has 1 N–H and O–H groups in total. The minimum absolute atomic E-state index is 0.564. The van der Waals surface area contributed by atoms with E-state index in [4.69, 9.17) is 25.8 Å². The maximum Gasteiger partial charge on any atom is 0.122 e. The number of halogens is 1. The van der Waals surface area contributed by atoms with Gasteiger partial charge in [0.05, 0.1) is 6.61 Å². The van der Waals surface area contributed by atoms with Crippen LogP contribution in [0.3, 0.4) is 0 Å². The first-order valence-corrected chi connectivity index (χ1v) is 8.50. The quantitative estimate of drug-likeness (QED) is 0.638. The van der Waals surface area contributed by atoms with Gasteiger partial charge in [-0.2, -0.15) is 0 Å². The number of aryl methyl sites for hydroxylation is 1. The zero-order valence-corrected chi connectivity index (χ0v) is 14.9. The van der Waals surface area contributed by atoms with Crippen molar-refractivity contribution in [2.75, 3.05) is 38.3 Å². The van der Waals surface area contributed by atoms with Gasteiger partial charge < -0.3 is 19.5 Å². The van der Waals surface area contributed by atoms with Gasteiger partial charge in [0.15, 0.2) is 0 Å². The van der Waals surface area contributed by atoms with Gasteiger partial charge in [-0.1, -0.05) is 11.6 Å². The third-order valence-corrected chi connectivity index (χ3v) is 3.62. The van der Waals surface area contributed by atoms with Crippen LogP contribution in [0.5, 0.6) is 11.5 Å². The molecule has 24 heavy (non-hydrogen) atoms. The van der Waals surface area contributed by atoms with Gasteiger partial charge in [-0.15, -0.1) is 0 Å². The molecule has 2 aromatic carbocycles. The molecule has 130 valence electrons. The van der Waals surface area contributed by atoms with Gasteiger partial charge in [-0.3, -0.25) is 0 Å². The zero-order chi connectivity index (χ0) is 17.2.